The van der Waals surface area contributed by atoms with E-state index in [1.807, 2.05) is 43.3 Å². The first-order valence-corrected chi connectivity index (χ1v) is 18.0. The van der Waals surface area contributed by atoms with Crippen LogP contribution in [0.15, 0.2) is 89.8 Å². The summed E-state index contributed by atoms with van der Waals surface area (Å²) < 4.78 is 36.6. The summed E-state index contributed by atoms with van der Waals surface area (Å²) in [6, 6.07) is 24.0. The second-order valence-electron chi connectivity index (χ2n) is 11.4. The first kappa shape index (κ1) is 85.1. The van der Waals surface area contributed by atoms with Crippen LogP contribution in [0.25, 0.3) is 5.57 Å². The van der Waals surface area contributed by atoms with Crippen LogP contribution in [0.1, 0.15) is 156 Å². The van der Waals surface area contributed by atoms with Gasteiger partial charge in [0, 0.05) is 20.6 Å². The van der Waals surface area contributed by atoms with Crippen molar-refractivity contribution in [1.29, 1.82) is 0 Å². The lowest BCUT2D eigenvalue weighted by Gasteiger charge is -2.49. The third kappa shape index (κ3) is 11.9. The smallest absolute Gasteiger partial charge is 0.266 e. The molecule has 4 atom stereocenters. The number of hydrogen-bond donors (Lipinski definition) is 0. The molecule has 3 heterocycles. The molecule has 0 spiro atoms. The van der Waals surface area contributed by atoms with Crippen molar-refractivity contribution in [3.05, 3.63) is 102 Å². The maximum atomic E-state index is 14.8. The maximum Gasteiger partial charge on any atom is 0.266 e. The highest BCUT2D eigenvalue weighted by molar-refractivity contribution is 8.01. The summed E-state index contributed by atoms with van der Waals surface area (Å²) in [6.45, 7) is 1.95. The Labute approximate surface area is 391 Å². The van der Waals surface area contributed by atoms with Crippen LogP contribution in [0.4, 0.5) is 5.69 Å². The number of likely N-dealkylation sites (N-methyl/N-ethyl adjacent to an activating group) is 1. The van der Waals surface area contributed by atoms with Gasteiger partial charge in [-0.2, -0.15) is 0 Å². The molecule has 0 radical (unpaired) electrons. The van der Waals surface area contributed by atoms with Crippen molar-refractivity contribution < 1.29 is 22.7 Å². The molecule has 3 aromatic rings. The van der Waals surface area contributed by atoms with Crippen LogP contribution in [0.3, 0.4) is 0 Å². The number of thioether (sulfide) groups is 2. The molecule has 0 aromatic heterocycles. The lowest BCUT2D eigenvalue weighted by atomic mass is 9.70. The van der Waals surface area contributed by atoms with Crippen LogP contribution in [0.5, 0.6) is 0 Å². The van der Waals surface area contributed by atoms with E-state index in [1.54, 1.807) is 54.3 Å². The van der Waals surface area contributed by atoms with Gasteiger partial charge in [-0.05, 0) is 52.6 Å². The Balaban J connectivity index is -0.000000163. The van der Waals surface area contributed by atoms with Crippen molar-refractivity contribution in [2.24, 2.45) is 0 Å². The molecule has 4 aliphatic rings. The zero-order valence-corrected chi connectivity index (χ0v) is 27.1. The number of piperazine rings is 1. The number of allylic oxidation sites excluding steroid dienone is 1. The Morgan fingerprint density at radius 2 is 1.23 bits per heavy atom. The molecule has 3 aliphatic heterocycles. The van der Waals surface area contributed by atoms with E-state index in [9.17, 15) is 18.0 Å². The zero-order valence-electron chi connectivity index (χ0n) is 24.7. The molecule has 2 saturated heterocycles. The molecule has 0 saturated carbocycles. The number of anilines is 1. The van der Waals surface area contributed by atoms with Crippen LogP contribution in [-0.4, -0.2) is 72.3 Å². The van der Waals surface area contributed by atoms with Gasteiger partial charge in [0.05, 0.1) is 21.9 Å². The zero-order chi connectivity index (χ0) is 30.9. The number of rotatable bonds is 8. The molecule has 11 heteroatoms. The van der Waals surface area contributed by atoms with E-state index in [2.05, 4.69) is 18.2 Å². The fourth-order valence-corrected chi connectivity index (χ4v) is 11.4. The molecular weight excluding hydrogens is 819 g/mol. The summed E-state index contributed by atoms with van der Waals surface area (Å²) >= 11 is 2.64. The Hall–Kier alpha value is -3.25. The van der Waals surface area contributed by atoms with E-state index < -0.39 is 31.8 Å². The Morgan fingerprint density at radius 1 is 0.721 bits per heavy atom. The lowest BCUT2D eigenvalue weighted by molar-refractivity contribution is -0.157. The van der Waals surface area contributed by atoms with Crippen LogP contribution in [-0.2, 0) is 36.2 Å². The number of para-hydroxylation sites is 1. The number of methoxy groups -OCH3 is 1. The van der Waals surface area contributed by atoms with Gasteiger partial charge < -0.3 is 9.64 Å². The van der Waals surface area contributed by atoms with Gasteiger partial charge in [-0.3, -0.25) is 14.5 Å². The number of carbonyl (C=O) groups excluding carboxylic acids is 2. The highest BCUT2D eigenvalue weighted by Crippen LogP contribution is 2.67. The minimum Gasteiger partial charge on any atom is -0.374 e. The second kappa shape index (κ2) is 31.6. The SMILES string of the molecule is C.C.C.C.C.C.C.C.C.C.C.C.C.C.C.C.C.CCS[C@H]1C(=O)N2[C@H]3N(S(=O)(=O)c4ccccc4)c4ccccc4[C@@]3(C3=CCc4ccccc43)C[C@]2(SCOC)C(=O)N1C. The lowest BCUT2D eigenvalue weighted by Crippen LogP contribution is -2.70. The Bertz CT molecular complexity index is 1800. The van der Waals surface area contributed by atoms with Gasteiger partial charge in [0.15, 0.2) is 10.2 Å². The average molecular weight is 921 g/mol. The van der Waals surface area contributed by atoms with E-state index in [1.165, 1.54) is 27.8 Å². The second-order valence-corrected chi connectivity index (χ2v) is 15.8. The third-order valence-electron chi connectivity index (χ3n) is 9.25. The summed E-state index contributed by atoms with van der Waals surface area (Å²) in [6.07, 6.45) is 2.03. The topological polar surface area (TPSA) is 87.2 Å². The van der Waals surface area contributed by atoms with Crippen molar-refractivity contribution in [3.8, 4) is 0 Å². The Morgan fingerprint density at radius 3 is 1.77 bits per heavy atom. The first-order chi connectivity index (χ1) is 21.2. The van der Waals surface area contributed by atoms with Gasteiger partial charge in [0.1, 0.15) is 6.17 Å². The van der Waals surface area contributed by atoms with Crippen LogP contribution in [0, 0.1) is 0 Å². The van der Waals surface area contributed by atoms with E-state index in [0.717, 1.165) is 22.3 Å². The van der Waals surface area contributed by atoms with Crippen molar-refractivity contribution in [3.63, 3.8) is 0 Å². The molecule has 8 nitrogen and oxygen atoms in total. The summed E-state index contributed by atoms with van der Waals surface area (Å²) in [5, 5.41) is -0.783. The minimum atomic E-state index is -4.19. The van der Waals surface area contributed by atoms with Gasteiger partial charge in [0.2, 0.25) is 0 Å². The third-order valence-corrected chi connectivity index (χ3v) is 13.5. The maximum absolute atomic E-state index is 14.8. The minimum absolute atomic E-state index is 0. The molecule has 2 amide bonds. The molecule has 2 fully saturated rings. The predicted molar refractivity (Wildman–Crippen MR) is 289 cm³/mol. The van der Waals surface area contributed by atoms with Crippen LogP contribution in [0.2, 0.25) is 0 Å². The summed E-state index contributed by atoms with van der Waals surface area (Å²) in [7, 11) is -0.955. The monoisotopic (exact) mass is 920 g/mol. The quantitative estimate of drug-likeness (QED) is 0.208. The molecule has 0 bridgehead atoms. The van der Waals surface area contributed by atoms with Crippen LogP contribution >= 0.6 is 23.5 Å². The molecule has 3 aromatic carbocycles. The van der Waals surface area contributed by atoms with Gasteiger partial charge in [0.25, 0.3) is 21.8 Å². The highest BCUT2D eigenvalue weighted by Gasteiger charge is 2.75. The summed E-state index contributed by atoms with van der Waals surface area (Å²) in [5.74, 6) is 0.267. The number of ether oxygens (including phenoxy) is 1. The van der Waals surface area contributed by atoms with E-state index >= 15 is 0 Å². The largest absolute Gasteiger partial charge is 0.374 e. The summed E-state index contributed by atoms with van der Waals surface area (Å²) in [4.78, 5) is 31.4. The fourth-order valence-electron chi connectivity index (χ4n) is 7.56. The standard InChI is InChI=1S/C33H33N3O5S3.17CH4/c1-4-42-29-28(37)35-30-32(25-19-18-22-12-8-9-15-24(22)25,20-33(35,43-21-41-3)31(38)34(29)2)26-16-10-11-17-27(26)36(30)44(39,40)23-13-6-5-7-14-23;;;;;;;;;;;;;;;;;/h5-17,19,29-30H,4,18,20-21H2,1-3H3;17*1H4/t29-,30-,32-,33-;;;;;;;;;;;;;;;;;/m0................./s1. The van der Waals surface area contributed by atoms with Gasteiger partial charge in [-0.25, -0.2) is 12.7 Å². The van der Waals surface area contributed by atoms with Gasteiger partial charge in [-0.1, -0.05) is 212 Å². The van der Waals surface area contributed by atoms with E-state index in [-0.39, 0.29) is 155 Å². The van der Waals surface area contributed by atoms with Crippen molar-refractivity contribution >= 4 is 56.6 Å². The first-order valence-electron chi connectivity index (χ1n) is 14.6. The number of fused-ring (bicyclic) bond motifs is 6. The van der Waals surface area contributed by atoms with E-state index in [0.29, 0.717) is 17.9 Å². The number of nitrogens with zero attached hydrogens (tertiary/aromatic N) is 3. The molecule has 0 N–H and O–H groups in total. The van der Waals surface area contributed by atoms with Crippen LogP contribution < -0.4 is 4.31 Å². The number of benzene rings is 3. The van der Waals surface area contributed by atoms with Crippen molar-refractivity contribution in [1.82, 2.24) is 9.80 Å². The van der Waals surface area contributed by atoms with Crippen molar-refractivity contribution in [2.75, 3.05) is 30.2 Å². The molecule has 0 unspecified atom stereocenters. The number of sulfonamides is 1. The van der Waals surface area contributed by atoms with Gasteiger partial charge >= 0.3 is 0 Å². The number of amides is 2. The number of carbonyl (C=O) groups is 2. The normalized spacial score (nSPS) is 19.7. The molecular formula is C50H101N3O5S3. The van der Waals surface area contributed by atoms with Gasteiger partial charge in [-0.15, -0.1) is 11.8 Å². The molecule has 61 heavy (non-hydrogen) atoms. The average Bonchev–Trinajstić information content (AvgIpc) is 3.69. The number of hydrogen-bond acceptors (Lipinski definition) is 7. The summed E-state index contributed by atoms with van der Waals surface area (Å²) in [5.41, 5.74) is 3.40. The molecule has 364 valence electrons. The molecule has 1 aliphatic carbocycles. The van der Waals surface area contributed by atoms with E-state index in [4.69, 9.17) is 4.74 Å². The van der Waals surface area contributed by atoms with Crippen molar-refractivity contribution in [2.45, 2.75) is 173 Å². The fraction of sp³-hybridized carbons (Fsp3) is 0.560. The Kier molecular flexibility index (Phi) is 44.0. The highest BCUT2D eigenvalue weighted by atomic mass is 32.2. The predicted octanol–water partition coefficient (Wildman–Crippen LogP) is 15.7. The molecule has 7 rings (SSSR count).